The van der Waals surface area contributed by atoms with E-state index >= 15 is 0 Å². The zero-order valence-corrected chi connectivity index (χ0v) is 13.5. The second-order valence-corrected chi connectivity index (χ2v) is 5.79. The second kappa shape index (κ2) is 8.60. The van der Waals surface area contributed by atoms with Gasteiger partial charge < -0.3 is 0 Å². The Morgan fingerprint density at radius 2 is 1.57 bits per heavy atom. The third-order valence-corrected chi connectivity index (χ3v) is 3.29. The Morgan fingerprint density at radius 1 is 1.14 bits per heavy atom. The summed E-state index contributed by atoms with van der Waals surface area (Å²) in [6.07, 6.45) is 3.39. The molecule has 0 unspecified atom stereocenters. The fraction of sp³-hybridized carbons (Fsp3) is 0.625. The summed E-state index contributed by atoms with van der Waals surface area (Å²) >= 11 is 0. The molecule has 5 heteroatoms. The van der Waals surface area contributed by atoms with Gasteiger partial charge in [-0.3, -0.25) is 20.2 Å². The molecule has 0 saturated carbocycles. The van der Waals surface area contributed by atoms with Crippen molar-refractivity contribution in [1.29, 1.82) is 0 Å². The van der Waals surface area contributed by atoms with Gasteiger partial charge in [-0.15, -0.1) is 6.58 Å². The van der Waals surface area contributed by atoms with Crippen LogP contribution in [0, 0.1) is 24.2 Å². The SMILES string of the molecule is C=CCC1([C@H](C)CCC)C(=O)NC(=O)NC1=O.[CH2]C(C)C. The first kappa shape index (κ1) is 19.4. The molecule has 0 spiro atoms. The van der Waals surface area contributed by atoms with Crippen LogP contribution in [-0.2, 0) is 9.59 Å². The molecule has 5 nitrogen and oxygen atoms in total. The number of urea groups is 1. The van der Waals surface area contributed by atoms with Gasteiger partial charge in [-0.05, 0) is 24.7 Å². The van der Waals surface area contributed by atoms with Crippen molar-refractivity contribution in [2.75, 3.05) is 0 Å². The van der Waals surface area contributed by atoms with E-state index in [1.54, 1.807) is 6.08 Å². The highest BCUT2D eigenvalue weighted by molar-refractivity contribution is 6.19. The highest BCUT2D eigenvalue weighted by Gasteiger charge is 2.52. The minimum absolute atomic E-state index is 0.140. The van der Waals surface area contributed by atoms with Crippen molar-refractivity contribution in [2.24, 2.45) is 17.3 Å². The van der Waals surface area contributed by atoms with Gasteiger partial charge in [0.25, 0.3) is 0 Å². The molecule has 1 heterocycles. The smallest absolute Gasteiger partial charge is 0.277 e. The number of nitrogens with one attached hydrogen (secondary N) is 2. The average molecular weight is 295 g/mol. The molecule has 4 amide bonds. The molecular weight excluding hydrogens is 268 g/mol. The maximum atomic E-state index is 12.0. The van der Waals surface area contributed by atoms with E-state index in [0.717, 1.165) is 12.8 Å². The van der Waals surface area contributed by atoms with Gasteiger partial charge in [0.1, 0.15) is 5.41 Å². The molecule has 21 heavy (non-hydrogen) atoms. The van der Waals surface area contributed by atoms with Crippen molar-refractivity contribution >= 4 is 17.8 Å². The summed E-state index contributed by atoms with van der Waals surface area (Å²) in [7, 11) is 0. The summed E-state index contributed by atoms with van der Waals surface area (Å²) in [5, 5.41) is 4.33. The Balaban J connectivity index is 0.000000885. The van der Waals surface area contributed by atoms with Crippen LogP contribution in [0.15, 0.2) is 12.7 Å². The van der Waals surface area contributed by atoms with Crippen LogP contribution in [0.5, 0.6) is 0 Å². The zero-order valence-electron chi connectivity index (χ0n) is 13.5. The van der Waals surface area contributed by atoms with Gasteiger partial charge >= 0.3 is 6.03 Å². The number of allylic oxidation sites excluding steroid dienone is 1. The largest absolute Gasteiger partial charge is 0.328 e. The average Bonchev–Trinajstić information content (AvgIpc) is 2.33. The lowest BCUT2D eigenvalue weighted by Gasteiger charge is -2.37. The van der Waals surface area contributed by atoms with Gasteiger partial charge in [0.05, 0.1) is 0 Å². The molecular formula is C16H27N2O3. The molecule has 1 rings (SSSR count). The standard InChI is InChI=1S/C12H18N2O3.C4H9/c1-4-6-8(3)12(7-5-2)9(15)13-11(17)14-10(12)16;1-4(2)3/h5,8H,2,4,6-7H2,1,3H3,(H2,13,14,15,16,17);4H,1H2,2-3H3/t8-;/m1./s1. The van der Waals surface area contributed by atoms with Gasteiger partial charge in [-0.25, -0.2) is 4.79 Å². The van der Waals surface area contributed by atoms with Crippen LogP contribution in [0.3, 0.4) is 0 Å². The van der Waals surface area contributed by atoms with E-state index in [2.05, 4.69) is 38.0 Å². The van der Waals surface area contributed by atoms with E-state index < -0.39 is 23.3 Å². The van der Waals surface area contributed by atoms with E-state index in [-0.39, 0.29) is 12.3 Å². The molecule has 1 atom stereocenters. The predicted molar refractivity (Wildman–Crippen MR) is 83.2 cm³/mol. The van der Waals surface area contributed by atoms with Crippen LogP contribution in [0.25, 0.3) is 0 Å². The molecule has 0 aliphatic carbocycles. The topological polar surface area (TPSA) is 75.3 Å². The normalized spacial score (nSPS) is 18.3. The minimum Gasteiger partial charge on any atom is -0.277 e. The van der Waals surface area contributed by atoms with Crippen LogP contribution >= 0.6 is 0 Å². The molecule has 119 valence electrons. The number of imide groups is 2. The Bertz CT molecular complexity index is 380. The predicted octanol–water partition coefficient (Wildman–Crippen LogP) is 2.83. The monoisotopic (exact) mass is 295 g/mol. The summed E-state index contributed by atoms with van der Waals surface area (Å²) in [6.45, 7) is 15.2. The number of hydrogen-bond donors (Lipinski definition) is 2. The third kappa shape index (κ3) is 4.99. The van der Waals surface area contributed by atoms with Crippen molar-refractivity contribution in [2.45, 2.75) is 47.0 Å². The first-order valence-electron chi connectivity index (χ1n) is 7.33. The summed E-state index contributed by atoms with van der Waals surface area (Å²) < 4.78 is 0. The van der Waals surface area contributed by atoms with Crippen molar-refractivity contribution in [3.63, 3.8) is 0 Å². The van der Waals surface area contributed by atoms with E-state index in [9.17, 15) is 14.4 Å². The van der Waals surface area contributed by atoms with Gasteiger partial charge in [0.2, 0.25) is 11.8 Å². The van der Waals surface area contributed by atoms with Crippen molar-refractivity contribution < 1.29 is 14.4 Å². The fourth-order valence-corrected chi connectivity index (χ4v) is 2.30. The molecule has 0 aromatic carbocycles. The summed E-state index contributed by atoms with van der Waals surface area (Å²) in [5.74, 6) is -0.599. The second-order valence-electron chi connectivity index (χ2n) is 5.79. The molecule has 0 aromatic heterocycles. The fourth-order valence-electron chi connectivity index (χ4n) is 2.30. The first-order chi connectivity index (χ1) is 9.72. The van der Waals surface area contributed by atoms with E-state index in [4.69, 9.17) is 0 Å². The highest BCUT2D eigenvalue weighted by Crippen LogP contribution is 2.37. The number of carbonyl (C=O) groups excluding carboxylic acids is 3. The molecule has 1 aliphatic rings. The molecule has 1 radical (unpaired) electrons. The Morgan fingerprint density at radius 3 is 1.90 bits per heavy atom. The highest BCUT2D eigenvalue weighted by atomic mass is 16.2. The van der Waals surface area contributed by atoms with Gasteiger partial charge in [0.15, 0.2) is 0 Å². The van der Waals surface area contributed by atoms with Crippen LogP contribution in [-0.4, -0.2) is 17.8 Å². The van der Waals surface area contributed by atoms with Crippen LogP contribution in [0.4, 0.5) is 4.79 Å². The number of barbiturate groups is 1. The van der Waals surface area contributed by atoms with Crippen LogP contribution in [0.2, 0.25) is 0 Å². The molecule has 1 aliphatic heterocycles. The van der Waals surface area contributed by atoms with E-state index in [0.29, 0.717) is 5.92 Å². The maximum Gasteiger partial charge on any atom is 0.328 e. The molecule has 2 N–H and O–H groups in total. The summed E-state index contributed by atoms with van der Waals surface area (Å²) in [4.78, 5) is 35.1. The number of carbonyl (C=O) groups is 3. The summed E-state index contributed by atoms with van der Waals surface area (Å²) in [6, 6.07) is -0.747. The lowest BCUT2D eigenvalue weighted by Crippen LogP contribution is -2.64. The molecule has 0 aromatic rings. The zero-order chi connectivity index (χ0) is 16.6. The molecule has 0 bridgehead atoms. The molecule has 1 fully saturated rings. The lowest BCUT2D eigenvalue weighted by molar-refractivity contribution is -0.148. The van der Waals surface area contributed by atoms with Crippen LogP contribution in [0.1, 0.15) is 47.0 Å². The number of rotatable bonds is 5. The van der Waals surface area contributed by atoms with Gasteiger partial charge in [-0.2, -0.15) is 0 Å². The first-order valence-corrected chi connectivity index (χ1v) is 7.33. The maximum absolute atomic E-state index is 12.0. The van der Waals surface area contributed by atoms with Gasteiger partial charge in [-0.1, -0.05) is 47.1 Å². The third-order valence-electron chi connectivity index (χ3n) is 3.29. The van der Waals surface area contributed by atoms with Crippen molar-refractivity contribution in [1.82, 2.24) is 10.6 Å². The van der Waals surface area contributed by atoms with Gasteiger partial charge in [0, 0.05) is 0 Å². The molecule has 1 saturated heterocycles. The van der Waals surface area contributed by atoms with Crippen molar-refractivity contribution in [3.05, 3.63) is 19.6 Å². The van der Waals surface area contributed by atoms with Crippen LogP contribution < -0.4 is 10.6 Å². The summed E-state index contributed by atoms with van der Waals surface area (Å²) in [5.41, 5.74) is -1.20. The Labute approximate surface area is 127 Å². The number of hydrogen-bond acceptors (Lipinski definition) is 3. The Hall–Kier alpha value is -1.65. The minimum atomic E-state index is -1.20. The van der Waals surface area contributed by atoms with Crippen molar-refractivity contribution in [3.8, 4) is 0 Å². The Kier molecular flexibility index (Phi) is 7.92. The number of amides is 4. The van der Waals surface area contributed by atoms with E-state index in [1.165, 1.54) is 0 Å². The lowest BCUT2D eigenvalue weighted by atomic mass is 9.69. The van der Waals surface area contributed by atoms with E-state index in [1.807, 2.05) is 13.8 Å². The quantitative estimate of drug-likeness (QED) is 0.605.